The molecule has 0 unspecified atom stereocenters. The van der Waals surface area contributed by atoms with Crippen LogP contribution in [0.15, 0.2) is 29.2 Å². The maximum absolute atomic E-state index is 12.2. The first-order valence-electron chi connectivity index (χ1n) is 6.16. The first-order valence-corrected chi connectivity index (χ1v) is 7.60. The molecule has 0 radical (unpaired) electrons. The normalized spacial score (nSPS) is 11.6. The van der Waals surface area contributed by atoms with E-state index in [1.165, 1.54) is 26.2 Å². The highest BCUT2D eigenvalue weighted by Gasteiger charge is 2.20. The van der Waals surface area contributed by atoms with Gasteiger partial charge in [0.05, 0.1) is 4.90 Å². The van der Waals surface area contributed by atoms with E-state index in [9.17, 15) is 13.2 Å². The summed E-state index contributed by atoms with van der Waals surface area (Å²) < 4.78 is 25.2. The molecule has 0 saturated heterocycles. The number of benzene rings is 1. The number of carbonyl (C=O) groups excluding carboxylic acids is 1. The predicted octanol–water partition coefficient (Wildman–Crippen LogP) is 1.42. The lowest BCUT2D eigenvalue weighted by atomic mass is 10.2. The number of rotatable bonds is 5. The van der Waals surface area contributed by atoms with Gasteiger partial charge in [-0.3, -0.25) is 4.79 Å². The molecule has 0 spiro atoms. The van der Waals surface area contributed by atoms with Gasteiger partial charge < -0.3 is 4.90 Å². The van der Waals surface area contributed by atoms with Gasteiger partial charge in [0.1, 0.15) is 0 Å². The maximum Gasteiger partial charge on any atom is 0.253 e. The van der Waals surface area contributed by atoms with Crippen LogP contribution in [0.2, 0.25) is 0 Å². The second-order valence-corrected chi connectivity index (χ2v) is 6.44. The molecule has 19 heavy (non-hydrogen) atoms. The molecule has 0 aromatic heterocycles. The molecule has 1 amide bonds. The van der Waals surface area contributed by atoms with Gasteiger partial charge in [0.25, 0.3) is 5.91 Å². The summed E-state index contributed by atoms with van der Waals surface area (Å²) >= 11 is 0. The molecule has 0 fully saturated rings. The zero-order chi connectivity index (χ0) is 14.6. The number of amides is 1. The zero-order valence-corrected chi connectivity index (χ0v) is 12.6. The third kappa shape index (κ3) is 3.33. The molecule has 0 N–H and O–H groups in total. The van der Waals surface area contributed by atoms with Crippen molar-refractivity contribution in [3.63, 3.8) is 0 Å². The Morgan fingerprint density at radius 3 is 2.21 bits per heavy atom. The van der Waals surface area contributed by atoms with Gasteiger partial charge in [0, 0.05) is 32.7 Å². The lowest BCUT2D eigenvalue weighted by Gasteiger charge is -2.19. The van der Waals surface area contributed by atoms with Gasteiger partial charge in [-0.2, -0.15) is 0 Å². The van der Waals surface area contributed by atoms with Crippen molar-refractivity contribution >= 4 is 15.9 Å². The van der Waals surface area contributed by atoms with Crippen molar-refractivity contribution in [3.05, 3.63) is 29.8 Å². The Labute approximate surface area is 114 Å². The van der Waals surface area contributed by atoms with E-state index in [2.05, 4.69) is 0 Å². The van der Waals surface area contributed by atoms with Crippen LogP contribution in [0.5, 0.6) is 0 Å². The third-order valence-corrected chi connectivity index (χ3v) is 4.72. The maximum atomic E-state index is 12.2. The summed E-state index contributed by atoms with van der Waals surface area (Å²) in [7, 11) is -0.576. The predicted molar refractivity (Wildman–Crippen MR) is 74.6 cm³/mol. The van der Waals surface area contributed by atoms with Crippen LogP contribution in [0.25, 0.3) is 0 Å². The van der Waals surface area contributed by atoms with E-state index in [1.807, 2.05) is 13.8 Å². The van der Waals surface area contributed by atoms with E-state index in [1.54, 1.807) is 17.0 Å². The molecule has 0 aliphatic carbocycles. The first-order chi connectivity index (χ1) is 8.84. The topological polar surface area (TPSA) is 57.7 Å². The minimum Gasteiger partial charge on any atom is -0.339 e. The number of sulfonamides is 1. The zero-order valence-electron chi connectivity index (χ0n) is 11.8. The second kappa shape index (κ2) is 6.16. The van der Waals surface area contributed by atoms with Crippen molar-refractivity contribution in [2.45, 2.75) is 18.7 Å². The standard InChI is InChI=1S/C13H20N2O3S/c1-5-15(6-2)13(16)11-8-7-9-12(10-11)19(17,18)14(3)4/h7-10H,5-6H2,1-4H3. The molecule has 1 rings (SSSR count). The average Bonchev–Trinajstić information content (AvgIpc) is 2.40. The van der Waals surface area contributed by atoms with Crippen LogP contribution in [0.1, 0.15) is 24.2 Å². The van der Waals surface area contributed by atoms with Gasteiger partial charge in [-0.05, 0) is 32.0 Å². The van der Waals surface area contributed by atoms with Crippen LogP contribution in [0.4, 0.5) is 0 Å². The van der Waals surface area contributed by atoms with Crippen molar-refractivity contribution in [2.24, 2.45) is 0 Å². The molecular formula is C13H20N2O3S. The Morgan fingerprint density at radius 2 is 1.74 bits per heavy atom. The molecule has 106 valence electrons. The molecule has 6 heteroatoms. The Balaban J connectivity index is 3.18. The summed E-state index contributed by atoms with van der Waals surface area (Å²) in [5.74, 6) is -0.152. The fourth-order valence-electron chi connectivity index (χ4n) is 1.69. The van der Waals surface area contributed by atoms with E-state index >= 15 is 0 Å². The highest BCUT2D eigenvalue weighted by molar-refractivity contribution is 7.89. The van der Waals surface area contributed by atoms with Crippen LogP contribution in [0, 0.1) is 0 Å². The Hall–Kier alpha value is -1.40. The summed E-state index contributed by atoms with van der Waals surface area (Å²) in [5.41, 5.74) is 0.395. The average molecular weight is 284 g/mol. The summed E-state index contributed by atoms with van der Waals surface area (Å²) in [4.78, 5) is 14.0. The highest BCUT2D eigenvalue weighted by atomic mass is 32.2. The summed E-state index contributed by atoms with van der Waals surface area (Å²) in [6.45, 7) is 4.98. The van der Waals surface area contributed by atoms with E-state index in [-0.39, 0.29) is 10.8 Å². The number of hydrogen-bond acceptors (Lipinski definition) is 3. The number of hydrogen-bond donors (Lipinski definition) is 0. The van der Waals surface area contributed by atoms with Crippen LogP contribution >= 0.6 is 0 Å². The molecule has 0 bridgehead atoms. The van der Waals surface area contributed by atoms with Crippen LogP contribution < -0.4 is 0 Å². The van der Waals surface area contributed by atoms with Crippen LogP contribution in [-0.4, -0.2) is 50.7 Å². The number of nitrogens with zero attached hydrogens (tertiary/aromatic N) is 2. The van der Waals surface area contributed by atoms with Crippen molar-refractivity contribution in [1.82, 2.24) is 9.21 Å². The molecule has 0 heterocycles. The molecule has 0 saturated carbocycles. The van der Waals surface area contributed by atoms with Crippen molar-refractivity contribution in [1.29, 1.82) is 0 Å². The Kier molecular flexibility index (Phi) is 5.08. The minimum atomic E-state index is -3.51. The second-order valence-electron chi connectivity index (χ2n) is 4.29. The van der Waals surface area contributed by atoms with E-state index in [0.717, 1.165) is 4.31 Å². The monoisotopic (exact) mass is 284 g/mol. The first kappa shape index (κ1) is 15.7. The highest BCUT2D eigenvalue weighted by Crippen LogP contribution is 2.16. The van der Waals surface area contributed by atoms with Crippen molar-refractivity contribution in [2.75, 3.05) is 27.2 Å². The molecule has 0 aliphatic rings. The summed E-state index contributed by atoms with van der Waals surface area (Å²) in [6, 6.07) is 6.15. The molecule has 0 aliphatic heterocycles. The van der Waals surface area contributed by atoms with Gasteiger partial charge in [-0.1, -0.05) is 6.07 Å². The summed E-state index contributed by atoms with van der Waals surface area (Å²) in [5, 5.41) is 0. The van der Waals surface area contributed by atoms with Gasteiger partial charge in [-0.25, -0.2) is 12.7 Å². The van der Waals surface area contributed by atoms with E-state index in [4.69, 9.17) is 0 Å². The number of carbonyl (C=O) groups is 1. The van der Waals surface area contributed by atoms with E-state index in [0.29, 0.717) is 18.7 Å². The SMILES string of the molecule is CCN(CC)C(=O)c1cccc(S(=O)(=O)N(C)C)c1. The van der Waals surface area contributed by atoms with Crippen molar-refractivity contribution < 1.29 is 13.2 Å². The van der Waals surface area contributed by atoms with Gasteiger partial charge in [0.15, 0.2) is 0 Å². The van der Waals surface area contributed by atoms with Crippen LogP contribution in [-0.2, 0) is 10.0 Å². The fraction of sp³-hybridized carbons (Fsp3) is 0.462. The summed E-state index contributed by atoms with van der Waals surface area (Å²) in [6.07, 6.45) is 0. The van der Waals surface area contributed by atoms with Crippen molar-refractivity contribution in [3.8, 4) is 0 Å². The van der Waals surface area contributed by atoms with Gasteiger partial charge in [-0.15, -0.1) is 0 Å². The Morgan fingerprint density at radius 1 is 1.16 bits per heavy atom. The van der Waals surface area contributed by atoms with Gasteiger partial charge >= 0.3 is 0 Å². The molecule has 1 aromatic carbocycles. The quantitative estimate of drug-likeness (QED) is 0.821. The lowest BCUT2D eigenvalue weighted by Crippen LogP contribution is -2.30. The molecule has 1 aromatic rings. The van der Waals surface area contributed by atoms with E-state index < -0.39 is 10.0 Å². The molecule has 5 nitrogen and oxygen atoms in total. The lowest BCUT2D eigenvalue weighted by molar-refractivity contribution is 0.0772. The smallest absolute Gasteiger partial charge is 0.253 e. The minimum absolute atomic E-state index is 0.135. The Bertz CT molecular complexity index is 549. The van der Waals surface area contributed by atoms with Crippen LogP contribution in [0.3, 0.4) is 0 Å². The van der Waals surface area contributed by atoms with Gasteiger partial charge in [0.2, 0.25) is 10.0 Å². The largest absolute Gasteiger partial charge is 0.339 e. The molecular weight excluding hydrogens is 264 g/mol. The molecule has 0 atom stereocenters. The fourth-order valence-corrected chi connectivity index (χ4v) is 2.64. The third-order valence-electron chi connectivity index (χ3n) is 2.91.